The number of aliphatic carboxylic acids is 1. The molecule has 0 spiro atoms. The summed E-state index contributed by atoms with van der Waals surface area (Å²) in [5, 5.41) is 17.0. The number of hydrogen-bond acceptors (Lipinski definition) is 3. The molecule has 4 nitrogen and oxygen atoms in total. The van der Waals surface area contributed by atoms with Crippen LogP contribution in [-0.2, 0) is 9.59 Å². The first-order chi connectivity index (χ1) is 5.54. The number of aliphatic hydroxyl groups is 1. The van der Waals surface area contributed by atoms with E-state index >= 15 is 0 Å². The molecule has 4 heteroatoms. The highest BCUT2D eigenvalue weighted by molar-refractivity contribution is 6.03. The largest absolute Gasteiger partial charge is 0.478 e. The third kappa shape index (κ3) is 2.47. The second-order valence-electron chi connectivity index (χ2n) is 2.34. The molecular formula is C8H12O4. The summed E-state index contributed by atoms with van der Waals surface area (Å²) < 4.78 is 0. The van der Waals surface area contributed by atoms with Gasteiger partial charge in [-0.1, -0.05) is 6.92 Å². The minimum Gasteiger partial charge on any atom is -0.478 e. The number of carboxylic acid groups (broad SMARTS) is 1. The average Bonchev–Trinajstić information content (AvgIpc) is 2.05. The van der Waals surface area contributed by atoms with Crippen LogP contribution in [0.5, 0.6) is 0 Å². The molecule has 0 aromatic rings. The van der Waals surface area contributed by atoms with Crippen LogP contribution in [0.25, 0.3) is 0 Å². The molecule has 2 N–H and O–H groups in total. The van der Waals surface area contributed by atoms with Crippen LogP contribution in [0.2, 0.25) is 0 Å². The number of Topliss-reactive ketones (excluding diaryl/α,β-unsaturated/α-hetero) is 1. The standard InChI is InChI=1S/C8H12O4/c1-3-6(7(10)4-9)5(2)8(11)12/h9H,3-4H2,1-2H3,(H,11,12)/b6-5+. The lowest BCUT2D eigenvalue weighted by molar-refractivity contribution is -0.133. The molecule has 0 atom stereocenters. The predicted octanol–water partition coefficient (Wildman–Crippen LogP) is 0.359. The molecule has 0 aromatic heterocycles. The number of rotatable bonds is 4. The quantitative estimate of drug-likeness (QED) is 0.600. The van der Waals surface area contributed by atoms with Crippen LogP contribution in [0, 0.1) is 0 Å². The fourth-order valence-electron chi connectivity index (χ4n) is 0.896. The Bertz CT molecular complexity index is 227. The van der Waals surface area contributed by atoms with Gasteiger partial charge in [-0.25, -0.2) is 4.79 Å². The number of carbonyl (C=O) groups excluding carboxylic acids is 1. The highest BCUT2D eigenvalue weighted by atomic mass is 16.4. The van der Waals surface area contributed by atoms with Gasteiger partial charge in [0, 0.05) is 11.1 Å². The van der Waals surface area contributed by atoms with Gasteiger partial charge in [-0.3, -0.25) is 4.79 Å². The van der Waals surface area contributed by atoms with Crippen LogP contribution in [0.3, 0.4) is 0 Å². The number of carboxylic acids is 1. The zero-order valence-electron chi connectivity index (χ0n) is 7.13. The van der Waals surface area contributed by atoms with Crippen molar-refractivity contribution in [2.24, 2.45) is 0 Å². The van der Waals surface area contributed by atoms with Crippen molar-refractivity contribution in [1.82, 2.24) is 0 Å². The molecule has 0 bridgehead atoms. The molecule has 0 heterocycles. The molecule has 0 radical (unpaired) electrons. The van der Waals surface area contributed by atoms with Crippen molar-refractivity contribution in [1.29, 1.82) is 0 Å². The van der Waals surface area contributed by atoms with E-state index < -0.39 is 18.4 Å². The van der Waals surface area contributed by atoms with E-state index in [9.17, 15) is 9.59 Å². The Kier molecular flexibility index (Phi) is 4.21. The van der Waals surface area contributed by atoms with Crippen molar-refractivity contribution in [3.8, 4) is 0 Å². The number of hydrogen-bond donors (Lipinski definition) is 2. The van der Waals surface area contributed by atoms with E-state index in [0.717, 1.165) is 0 Å². The molecule has 68 valence electrons. The summed E-state index contributed by atoms with van der Waals surface area (Å²) in [6.45, 7) is 2.40. The molecule has 0 aromatic carbocycles. The van der Waals surface area contributed by atoms with Gasteiger partial charge >= 0.3 is 5.97 Å². The molecule has 0 amide bonds. The molecule has 0 unspecified atom stereocenters. The van der Waals surface area contributed by atoms with Gasteiger partial charge in [0.25, 0.3) is 0 Å². The maximum Gasteiger partial charge on any atom is 0.331 e. The third-order valence-corrected chi connectivity index (χ3v) is 1.61. The van der Waals surface area contributed by atoms with Crippen LogP contribution in [0.15, 0.2) is 11.1 Å². The first kappa shape index (κ1) is 10.8. The lowest BCUT2D eigenvalue weighted by Crippen LogP contribution is -2.12. The van der Waals surface area contributed by atoms with E-state index in [1.807, 2.05) is 0 Å². The first-order valence-corrected chi connectivity index (χ1v) is 3.61. The zero-order chi connectivity index (χ0) is 9.72. The van der Waals surface area contributed by atoms with Crippen molar-refractivity contribution < 1.29 is 19.8 Å². The summed E-state index contributed by atoms with van der Waals surface area (Å²) in [4.78, 5) is 21.3. The van der Waals surface area contributed by atoms with Gasteiger partial charge in [-0.15, -0.1) is 0 Å². The summed E-state index contributed by atoms with van der Waals surface area (Å²) in [5.74, 6) is -1.63. The van der Waals surface area contributed by atoms with Crippen LogP contribution in [0.4, 0.5) is 0 Å². The van der Waals surface area contributed by atoms with Gasteiger partial charge in [-0.2, -0.15) is 0 Å². The monoisotopic (exact) mass is 172 g/mol. The van der Waals surface area contributed by atoms with Crippen LogP contribution in [-0.4, -0.2) is 28.6 Å². The number of aliphatic hydroxyl groups excluding tert-OH is 1. The Hall–Kier alpha value is -1.16. The SMILES string of the molecule is CC/C(C(=O)CO)=C(/C)C(=O)O. The second-order valence-corrected chi connectivity index (χ2v) is 2.34. The Morgan fingerprint density at radius 1 is 1.33 bits per heavy atom. The van der Waals surface area contributed by atoms with E-state index in [-0.39, 0.29) is 11.1 Å². The van der Waals surface area contributed by atoms with Gasteiger partial charge in [0.1, 0.15) is 6.61 Å². The predicted molar refractivity (Wildman–Crippen MR) is 42.7 cm³/mol. The molecular weight excluding hydrogens is 160 g/mol. The fraction of sp³-hybridized carbons (Fsp3) is 0.500. The van der Waals surface area contributed by atoms with Crippen molar-refractivity contribution in [2.75, 3.05) is 6.61 Å². The Morgan fingerprint density at radius 2 is 1.83 bits per heavy atom. The number of carbonyl (C=O) groups is 2. The molecule has 0 aliphatic carbocycles. The maximum atomic E-state index is 10.9. The van der Waals surface area contributed by atoms with Crippen molar-refractivity contribution >= 4 is 11.8 Å². The van der Waals surface area contributed by atoms with E-state index in [1.54, 1.807) is 6.92 Å². The molecule has 0 saturated heterocycles. The summed E-state index contributed by atoms with van der Waals surface area (Å²) in [7, 11) is 0. The fourth-order valence-corrected chi connectivity index (χ4v) is 0.896. The van der Waals surface area contributed by atoms with Gasteiger partial charge in [0.05, 0.1) is 0 Å². The molecule has 12 heavy (non-hydrogen) atoms. The van der Waals surface area contributed by atoms with Gasteiger partial charge in [-0.05, 0) is 13.3 Å². The topological polar surface area (TPSA) is 74.6 Å². The lowest BCUT2D eigenvalue weighted by atomic mass is 10.0. The maximum absolute atomic E-state index is 10.9. The van der Waals surface area contributed by atoms with Crippen LogP contribution in [0.1, 0.15) is 20.3 Å². The van der Waals surface area contributed by atoms with E-state index in [2.05, 4.69) is 0 Å². The van der Waals surface area contributed by atoms with Gasteiger partial charge in [0.15, 0.2) is 5.78 Å². The highest BCUT2D eigenvalue weighted by Crippen LogP contribution is 2.09. The zero-order valence-corrected chi connectivity index (χ0v) is 7.13. The summed E-state index contributed by atoms with van der Waals surface area (Å²) in [5.41, 5.74) is 0.196. The summed E-state index contributed by atoms with van der Waals surface area (Å²) in [6.07, 6.45) is 0.331. The smallest absolute Gasteiger partial charge is 0.331 e. The molecule has 0 saturated carbocycles. The van der Waals surface area contributed by atoms with E-state index in [1.165, 1.54) is 6.92 Å². The minimum atomic E-state index is -1.12. The third-order valence-electron chi connectivity index (χ3n) is 1.61. The van der Waals surface area contributed by atoms with Crippen LogP contribution >= 0.6 is 0 Å². The molecule has 0 fully saturated rings. The lowest BCUT2D eigenvalue weighted by Gasteiger charge is -2.03. The minimum absolute atomic E-state index is 0.0107. The molecule has 0 aliphatic heterocycles. The van der Waals surface area contributed by atoms with E-state index in [4.69, 9.17) is 10.2 Å². The Balaban J connectivity index is 4.86. The number of ketones is 1. The molecule has 0 rings (SSSR count). The van der Waals surface area contributed by atoms with Crippen molar-refractivity contribution in [3.05, 3.63) is 11.1 Å². The summed E-state index contributed by atoms with van der Waals surface area (Å²) in [6, 6.07) is 0. The van der Waals surface area contributed by atoms with Crippen molar-refractivity contribution in [3.63, 3.8) is 0 Å². The van der Waals surface area contributed by atoms with Crippen molar-refractivity contribution in [2.45, 2.75) is 20.3 Å². The summed E-state index contributed by atoms with van der Waals surface area (Å²) >= 11 is 0. The second kappa shape index (κ2) is 4.66. The Morgan fingerprint density at radius 3 is 2.08 bits per heavy atom. The highest BCUT2D eigenvalue weighted by Gasteiger charge is 2.13. The van der Waals surface area contributed by atoms with E-state index in [0.29, 0.717) is 6.42 Å². The first-order valence-electron chi connectivity index (χ1n) is 3.61. The Labute approximate surface area is 70.5 Å². The average molecular weight is 172 g/mol. The normalized spacial score (nSPS) is 12.2. The van der Waals surface area contributed by atoms with Gasteiger partial charge < -0.3 is 10.2 Å². The van der Waals surface area contributed by atoms with Crippen LogP contribution < -0.4 is 0 Å². The van der Waals surface area contributed by atoms with Gasteiger partial charge in [0.2, 0.25) is 0 Å². The molecule has 0 aliphatic rings.